The Morgan fingerprint density at radius 1 is 0.786 bits per heavy atom. The van der Waals surface area contributed by atoms with Crippen molar-refractivity contribution >= 4 is 24.0 Å². The average molecular weight is 759 g/mol. The fraction of sp³-hybridized carbons (Fsp3) is 0.429. The van der Waals surface area contributed by atoms with E-state index >= 15 is 0 Å². The lowest BCUT2D eigenvalue weighted by atomic mass is 9.84. The van der Waals surface area contributed by atoms with Crippen molar-refractivity contribution in [1.82, 2.24) is 40.4 Å². The number of rotatable bonds is 10. The molecule has 4 aliphatic rings. The molecule has 6 N–H and O–H groups in total. The number of imide groups is 2. The number of nitrogens with one attached hydrogen (secondary N) is 4. The van der Waals surface area contributed by atoms with Crippen molar-refractivity contribution in [2.45, 2.75) is 95.5 Å². The van der Waals surface area contributed by atoms with E-state index in [2.05, 4.69) is 36.9 Å². The molecule has 2 aromatic carbocycles. The van der Waals surface area contributed by atoms with Crippen LogP contribution >= 0.6 is 0 Å². The highest BCUT2D eigenvalue weighted by Gasteiger charge is 2.61. The van der Waals surface area contributed by atoms with Crippen molar-refractivity contribution in [3.05, 3.63) is 83.7 Å². The Morgan fingerprint density at radius 3 is 1.80 bits per heavy atom. The molecular weight excluding hydrogens is 713 g/mol. The van der Waals surface area contributed by atoms with Gasteiger partial charge in [-0.1, -0.05) is 56.9 Å². The van der Waals surface area contributed by atoms with E-state index in [1.54, 1.807) is 12.4 Å². The number of carbonyl (C=O) groups excluding carboxylic acids is 2. The highest BCUT2D eigenvalue weighted by molar-refractivity contribution is 5.97. The highest BCUT2D eigenvalue weighted by atomic mass is 16.4. The van der Waals surface area contributed by atoms with Crippen LogP contribution in [0.4, 0.5) is 9.59 Å². The largest absolute Gasteiger partial charge is 0.465 e. The van der Waals surface area contributed by atoms with Gasteiger partial charge in [-0.2, -0.15) is 0 Å². The summed E-state index contributed by atoms with van der Waals surface area (Å²) in [6.07, 6.45) is 5.17. The van der Waals surface area contributed by atoms with Gasteiger partial charge in [0.15, 0.2) is 0 Å². The summed E-state index contributed by atoms with van der Waals surface area (Å²) in [6.45, 7) is 7.64. The summed E-state index contributed by atoms with van der Waals surface area (Å²) in [5, 5.41) is 22.6. The van der Waals surface area contributed by atoms with E-state index in [4.69, 9.17) is 15.1 Å². The van der Waals surface area contributed by atoms with Crippen molar-refractivity contribution in [3.63, 3.8) is 0 Å². The second kappa shape index (κ2) is 14.4. The number of fused-ring (bicyclic) bond motifs is 2. The Morgan fingerprint density at radius 2 is 1.29 bits per heavy atom. The first-order chi connectivity index (χ1) is 26.8. The Labute approximate surface area is 324 Å². The van der Waals surface area contributed by atoms with E-state index < -0.39 is 35.6 Å². The van der Waals surface area contributed by atoms with Crippen molar-refractivity contribution in [1.29, 1.82) is 0 Å². The molecule has 4 heterocycles. The van der Waals surface area contributed by atoms with Crippen molar-refractivity contribution in [3.8, 4) is 34.4 Å². The normalized spacial score (nSPS) is 25.3. The molecule has 14 nitrogen and oxygen atoms in total. The molecule has 0 bridgehead atoms. The number of likely N-dealkylation sites (tertiary alicyclic amines) is 2. The molecule has 2 saturated heterocycles. The number of aromatic amines is 2. The van der Waals surface area contributed by atoms with Gasteiger partial charge in [-0.05, 0) is 92.2 Å². The Kier molecular flexibility index (Phi) is 9.54. The summed E-state index contributed by atoms with van der Waals surface area (Å²) in [4.78, 5) is 69.2. The van der Waals surface area contributed by atoms with Gasteiger partial charge in [-0.15, -0.1) is 0 Å². The molecule has 56 heavy (non-hydrogen) atoms. The number of hydrogen-bond acceptors (Lipinski definition) is 8. The molecule has 2 aromatic heterocycles. The lowest BCUT2D eigenvalue weighted by Gasteiger charge is -2.44. The third-order valence-corrected chi connectivity index (χ3v) is 12.4. The predicted octanol–water partition coefficient (Wildman–Crippen LogP) is 5.92. The van der Waals surface area contributed by atoms with Gasteiger partial charge in [0.25, 0.3) is 0 Å². The minimum Gasteiger partial charge on any atom is -0.465 e. The van der Waals surface area contributed by atoms with Gasteiger partial charge in [0.05, 0.1) is 41.9 Å². The molecule has 0 radical (unpaired) electrons. The zero-order valence-corrected chi connectivity index (χ0v) is 31.7. The summed E-state index contributed by atoms with van der Waals surface area (Å²) in [5.74, 6) is 7.86. The van der Waals surface area contributed by atoms with Gasteiger partial charge in [0, 0.05) is 23.2 Å². The van der Waals surface area contributed by atoms with E-state index in [0.717, 1.165) is 71.0 Å². The Hall–Kier alpha value is -5.78. The predicted molar refractivity (Wildman–Crippen MR) is 206 cm³/mol. The van der Waals surface area contributed by atoms with Crippen LogP contribution in [-0.4, -0.2) is 87.6 Å². The first kappa shape index (κ1) is 37.2. The topological polar surface area (TPSA) is 197 Å². The van der Waals surface area contributed by atoms with Crippen molar-refractivity contribution in [2.75, 3.05) is 0 Å². The van der Waals surface area contributed by atoms with Crippen molar-refractivity contribution < 1.29 is 29.4 Å². The summed E-state index contributed by atoms with van der Waals surface area (Å²) in [6, 6.07) is 15.6. The SMILES string of the molecule is CCC(C(=O)NC(=O)O)N1C(c2ncc(-c3ccc(C#Cc4ccc(-c5cnc([C@@H]6C[C@H]7C[C@H]7N6[C@](C)(C(=O)NC(=O)O)C(C)C)[nH]5)cc4)cc3)[nH]2)CC2CC21. The van der Waals surface area contributed by atoms with E-state index in [9.17, 15) is 24.3 Å². The smallest absolute Gasteiger partial charge is 0.411 e. The van der Waals surface area contributed by atoms with Gasteiger partial charge in [0.1, 0.15) is 17.2 Å². The van der Waals surface area contributed by atoms with E-state index in [-0.39, 0.29) is 30.1 Å². The minimum atomic E-state index is -1.35. The average Bonchev–Trinajstić information content (AvgIpc) is 3.76. The second-order valence-corrected chi connectivity index (χ2v) is 16.0. The maximum atomic E-state index is 13.2. The molecule has 4 amide bonds. The van der Waals surface area contributed by atoms with Crippen molar-refractivity contribution in [2.24, 2.45) is 17.8 Å². The summed E-state index contributed by atoms with van der Waals surface area (Å²) < 4.78 is 0. The summed E-state index contributed by atoms with van der Waals surface area (Å²) >= 11 is 0. The zero-order valence-electron chi connectivity index (χ0n) is 31.7. The molecule has 8 rings (SSSR count). The van der Waals surface area contributed by atoms with Crippen LogP contribution in [0, 0.1) is 29.6 Å². The Balaban J connectivity index is 0.921. The maximum Gasteiger partial charge on any atom is 0.411 e. The molecule has 2 saturated carbocycles. The quantitative estimate of drug-likeness (QED) is 0.106. The number of aromatic nitrogens is 4. The molecule has 4 unspecified atom stereocenters. The van der Waals surface area contributed by atoms with Crippen LogP contribution in [0.2, 0.25) is 0 Å². The number of imidazole rings is 2. The number of H-pyrrole nitrogens is 2. The highest BCUT2D eigenvalue weighted by Crippen LogP contribution is 2.57. The summed E-state index contributed by atoms with van der Waals surface area (Å²) in [5.41, 5.74) is 4.32. The van der Waals surface area contributed by atoms with Gasteiger partial charge >= 0.3 is 12.2 Å². The van der Waals surface area contributed by atoms with E-state index in [1.807, 2.05) is 81.5 Å². The third kappa shape index (κ3) is 6.86. The minimum absolute atomic E-state index is 0.0837. The monoisotopic (exact) mass is 758 g/mol. The van der Waals surface area contributed by atoms with Crippen LogP contribution < -0.4 is 10.6 Å². The zero-order chi connectivity index (χ0) is 39.5. The van der Waals surface area contributed by atoms with Crippen LogP contribution in [0.25, 0.3) is 22.5 Å². The van der Waals surface area contributed by atoms with Gasteiger partial charge < -0.3 is 20.2 Å². The fourth-order valence-corrected chi connectivity index (χ4v) is 9.10. The van der Waals surface area contributed by atoms with Crippen LogP contribution in [0.1, 0.15) is 94.7 Å². The number of nitrogens with zero attached hydrogens (tertiary/aromatic N) is 4. The van der Waals surface area contributed by atoms with Gasteiger partial charge in [0.2, 0.25) is 11.8 Å². The number of benzene rings is 2. The molecule has 14 heteroatoms. The number of amides is 4. The van der Waals surface area contributed by atoms with Gasteiger partial charge in [-0.3, -0.25) is 30.0 Å². The molecule has 4 fully saturated rings. The second-order valence-electron chi connectivity index (χ2n) is 16.0. The molecule has 2 aliphatic carbocycles. The third-order valence-electron chi connectivity index (χ3n) is 12.4. The van der Waals surface area contributed by atoms with Crippen LogP contribution in [-0.2, 0) is 9.59 Å². The number of carboxylic acid groups (broad SMARTS) is 2. The van der Waals surface area contributed by atoms with Crippen LogP contribution in [0.5, 0.6) is 0 Å². The lowest BCUT2D eigenvalue weighted by Crippen LogP contribution is -2.61. The molecule has 8 atom stereocenters. The molecule has 290 valence electrons. The maximum absolute atomic E-state index is 13.2. The molecule has 4 aromatic rings. The molecular formula is C42H46N8O6. The van der Waals surface area contributed by atoms with Gasteiger partial charge in [-0.25, -0.2) is 19.6 Å². The van der Waals surface area contributed by atoms with Crippen LogP contribution in [0.3, 0.4) is 0 Å². The number of piperidine rings is 2. The Bertz CT molecular complexity index is 2240. The first-order valence-electron chi connectivity index (χ1n) is 19.3. The number of carbonyl (C=O) groups is 4. The molecule has 0 spiro atoms. The fourth-order valence-electron chi connectivity index (χ4n) is 9.10. The van der Waals surface area contributed by atoms with E-state index in [1.165, 1.54) is 0 Å². The first-order valence-corrected chi connectivity index (χ1v) is 19.3. The molecule has 2 aliphatic heterocycles. The standard InChI is InChI=1S/C42H46N8O6/c1-5-31(38(51)47-40(53)54)49-32-16-27(32)18-34(49)36-43-20-29(45-36)25-12-8-23(9-13-25)6-7-24-10-14-26(15-11-24)30-21-44-37(46-30)35-19-28-17-33(28)50(35)42(4,22(2)3)39(52)48-41(55)56/h8-15,20-22,27-28,31-35H,5,16-19H2,1-4H3,(H,43,45)(H,44,46)(H,47,51)(H,48,52)(H,53,54)(H,55,56)/t27?,28-,31?,32?,33-,34?,35+,42+/m1/s1. The lowest BCUT2D eigenvalue weighted by molar-refractivity contribution is -0.137. The van der Waals surface area contributed by atoms with E-state index in [0.29, 0.717) is 18.3 Å². The number of hydrogen-bond donors (Lipinski definition) is 6. The summed E-state index contributed by atoms with van der Waals surface area (Å²) in [7, 11) is 0. The van der Waals surface area contributed by atoms with Crippen LogP contribution in [0.15, 0.2) is 60.9 Å².